The number of hydrogen-bond donors (Lipinski definition) is 0. The number of benzene rings is 2. The van der Waals surface area contributed by atoms with E-state index in [1.807, 2.05) is 18.2 Å². The molecule has 3 nitrogen and oxygen atoms in total. The van der Waals surface area contributed by atoms with Gasteiger partial charge in [0, 0.05) is 12.4 Å². The molecule has 0 saturated heterocycles. The number of halogens is 1. The molecule has 0 saturated carbocycles. The maximum Gasteiger partial charge on any atom is 0.321 e. The fraction of sp³-hybridized carbons (Fsp3) is 0.0588. The van der Waals surface area contributed by atoms with Crippen LogP contribution in [0.2, 0.25) is 0 Å². The quantitative estimate of drug-likeness (QED) is 0.694. The van der Waals surface area contributed by atoms with Crippen molar-refractivity contribution in [2.24, 2.45) is 0 Å². The molecular formula is C17H13BrN2O. The Morgan fingerprint density at radius 3 is 2.10 bits per heavy atom. The number of aromatic nitrogens is 2. The lowest BCUT2D eigenvalue weighted by Crippen LogP contribution is -1.92. The molecule has 1 heterocycles. The molecule has 104 valence electrons. The Morgan fingerprint density at radius 2 is 1.43 bits per heavy atom. The van der Waals surface area contributed by atoms with E-state index in [0.29, 0.717) is 6.01 Å². The van der Waals surface area contributed by atoms with Crippen LogP contribution in [-0.4, -0.2) is 9.97 Å². The zero-order valence-electron chi connectivity index (χ0n) is 11.2. The van der Waals surface area contributed by atoms with E-state index in [9.17, 15) is 0 Å². The molecule has 0 amide bonds. The minimum atomic E-state index is 0.342. The molecule has 0 unspecified atom stereocenters. The van der Waals surface area contributed by atoms with Crippen LogP contribution in [0, 0.1) is 0 Å². The maximum absolute atomic E-state index is 5.60. The molecule has 0 N–H and O–H groups in total. The molecule has 0 radical (unpaired) electrons. The van der Waals surface area contributed by atoms with Crippen molar-refractivity contribution in [3.63, 3.8) is 0 Å². The van der Waals surface area contributed by atoms with Crippen LogP contribution in [-0.2, 0) is 6.42 Å². The van der Waals surface area contributed by atoms with Gasteiger partial charge in [-0.15, -0.1) is 0 Å². The highest BCUT2D eigenvalue weighted by Crippen LogP contribution is 2.20. The highest BCUT2D eigenvalue weighted by Gasteiger charge is 2.01. The fourth-order valence-electron chi connectivity index (χ4n) is 1.97. The molecule has 0 bridgehead atoms. The van der Waals surface area contributed by atoms with Crippen LogP contribution < -0.4 is 4.74 Å². The maximum atomic E-state index is 5.60. The van der Waals surface area contributed by atoms with E-state index in [2.05, 4.69) is 62.3 Å². The van der Waals surface area contributed by atoms with Crippen LogP contribution in [0.5, 0.6) is 11.8 Å². The largest absolute Gasteiger partial charge is 0.424 e. The van der Waals surface area contributed by atoms with Crippen molar-refractivity contribution in [1.29, 1.82) is 0 Å². The van der Waals surface area contributed by atoms with Crippen molar-refractivity contribution in [1.82, 2.24) is 9.97 Å². The third kappa shape index (κ3) is 3.89. The van der Waals surface area contributed by atoms with Gasteiger partial charge in [0.1, 0.15) is 5.75 Å². The van der Waals surface area contributed by atoms with E-state index in [1.54, 1.807) is 12.4 Å². The van der Waals surface area contributed by atoms with Crippen LogP contribution >= 0.6 is 15.9 Å². The van der Waals surface area contributed by atoms with Gasteiger partial charge in [0.2, 0.25) is 0 Å². The lowest BCUT2D eigenvalue weighted by atomic mass is 10.1. The van der Waals surface area contributed by atoms with Gasteiger partial charge in [0.25, 0.3) is 0 Å². The molecular weight excluding hydrogens is 328 g/mol. The molecule has 1 aromatic heterocycles. The van der Waals surface area contributed by atoms with E-state index < -0.39 is 0 Å². The van der Waals surface area contributed by atoms with Gasteiger partial charge in [-0.2, -0.15) is 0 Å². The Kier molecular flexibility index (Phi) is 4.26. The molecule has 0 aliphatic heterocycles. The molecule has 3 aromatic rings. The predicted octanol–water partition coefficient (Wildman–Crippen LogP) is 4.62. The topological polar surface area (TPSA) is 35.0 Å². The summed E-state index contributed by atoms with van der Waals surface area (Å²) in [7, 11) is 0. The molecule has 0 aliphatic rings. The SMILES string of the molecule is Brc1cnc(Oc2ccc(Cc3ccccc3)cc2)nc1. The normalized spacial score (nSPS) is 10.3. The third-order valence-corrected chi connectivity index (χ3v) is 3.39. The Bertz CT molecular complexity index is 697. The van der Waals surface area contributed by atoms with Crippen molar-refractivity contribution in [2.45, 2.75) is 6.42 Å². The second-order valence-corrected chi connectivity index (χ2v) is 5.51. The van der Waals surface area contributed by atoms with Crippen LogP contribution in [0.4, 0.5) is 0 Å². The van der Waals surface area contributed by atoms with E-state index in [1.165, 1.54) is 11.1 Å². The van der Waals surface area contributed by atoms with Crippen molar-refractivity contribution >= 4 is 15.9 Å². The minimum Gasteiger partial charge on any atom is -0.424 e. The summed E-state index contributed by atoms with van der Waals surface area (Å²) < 4.78 is 6.42. The van der Waals surface area contributed by atoms with Crippen LogP contribution in [0.15, 0.2) is 71.5 Å². The van der Waals surface area contributed by atoms with E-state index in [4.69, 9.17) is 4.74 Å². The zero-order chi connectivity index (χ0) is 14.5. The van der Waals surface area contributed by atoms with Crippen molar-refractivity contribution in [3.8, 4) is 11.8 Å². The summed E-state index contributed by atoms with van der Waals surface area (Å²) >= 11 is 3.29. The van der Waals surface area contributed by atoms with Gasteiger partial charge >= 0.3 is 6.01 Å². The molecule has 0 fully saturated rings. The Hall–Kier alpha value is -2.20. The standard InChI is InChI=1S/C17H13BrN2O/c18-15-11-19-17(20-12-15)21-16-8-6-14(7-9-16)10-13-4-2-1-3-5-13/h1-9,11-12H,10H2. The highest BCUT2D eigenvalue weighted by atomic mass is 79.9. The lowest BCUT2D eigenvalue weighted by molar-refractivity contribution is 0.441. The Balaban J connectivity index is 1.68. The van der Waals surface area contributed by atoms with Crippen molar-refractivity contribution < 1.29 is 4.74 Å². The molecule has 3 rings (SSSR count). The summed E-state index contributed by atoms with van der Waals surface area (Å²) in [6.07, 6.45) is 4.23. The summed E-state index contributed by atoms with van der Waals surface area (Å²) in [6, 6.07) is 18.7. The van der Waals surface area contributed by atoms with Crippen molar-refractivity contribution in [3.05, 3.63) is 82.6 Å². The smallest absolute Gasteiger partial charge is 0.321 e. The van der Waals surface area contributed by atoms with Gasteiger partial charge < -0.3 is 4.74 Å². The van der Waals surface area contributed by atoms with Gasteiger partial charge in [-0.1, -0.05) is 42.5 Å². The lowest BCUT2D eigenvalue weighted by Gasteiger charge is -2.05. The fourth-order valence-corrected chi connectivity index (χ4v) is 2.17. The Morgan fingerprint density at radius 1 is 0.810 bits per heavy atom. The first-order valence-electron chi connectivity index (χ1n) is 6.58. The van der Waals surface area contributed by atoms with Gasteiger partial charge in [0.05, 0.1) is 4.47 Å². The number of hydrogen-bond acceptors (Lipinski definition) is 3. The molecule has 21 heavy (non-hydrogen) atoms. The molecule has 0 spiro atoms. The molecule has 2 aromatic carbocycles. The average molecular weight is 341 g/mol. The van der Waals surface area contributed by atoms with E-state index in [-0.39, 0.29) is 0 Å². The first-order chi connectivity index (χ1) is 10.3. The first-order valence-corrected chi connectivity index (χ1v) is 7.37. The molecule has 0 aliphatic carbocycles. The molecule has 4 heteroatoms. The summed E-state index contributed by atoms with van der Waals surface area (Å²) in [5, 5.41) is 0. The second-order valence-electron chi connectivity index (χ2n) is 4.59. The van der Waals surface area contributed by atoms with Gasteiger partial charge in [-0.25, -0.2) is 9.97 Å². The predicted molar refractivity (Wildman–Crippen MR) is 85.5 cm³/mol. The van der Waals surface area contributed by atoms with Gasteiger partial charge in [-0.3, -0.25) is 0 Å². The number of rotatable bonds is 4. The Labute approximate surface area is 131 Å². The number of ether oxygens (including phenoxy) is 1. The van der Waals surface area contributed by atoms with Gasteiger partial charge in [-0.05, 0) is 45.6 Å². The monoisotopic (exact) mass is 340 g/mol. The summed E-state index contributed by atoms with van der Waals surface area (Å²) in [5.74, 6) is 0.731. The second kappa shape index (κ2) is 6.50. The summed E-state index contributed by atoms with van der Waals surface area (Å²) in [5.41, 5.74) is 2.53. The van der Waals surface area contributed by atoms with Crippen LogP contribution in [0.1, 0.15) is 11.1 Å². The molecule has 0 atom stereocenters. The van der Waals surface area contributed by atoms with Gasteiger partial charge in [0.15, 0.2) is 0 Å². The van der Waals surface area contributed by atoms with Crippen molar-refractivity contribution in [2.75, 3.05) is 0 Å². The minimum absolute atomic E-state index is 0.342. The van der Waals surface area contributed by atoms with E-state index >= 15 is 0 Å². The first kappa shape index (κ1) is 13.8. The third-order valence-electron chi connectivity index (χ3n) is 2.98. The van der Waals surface area contributed by atoms with Crippen LogP contribution in [0.3, 0.4) is 0 Å². The summed E-state index contributed by atoms with van der Waals surface area (Å²) in [4.78, 5) is 8.17. The highest BCUT2D eigenvalue weighted by molar-refractivity contribution is 9.10. The zero-order valence-corrected chi connectivity index (χ0v) is 12.8. The van der Waals surface area contributed by atoms with Crippen LogP contribution in [0.25, 0.3) is 0 Å². The van der Waals surface area contributed by atoms with E-state index in [0.717, 1.165) is 16.6 Å². The number of nitrogens with zero attached hydrogens (tertiary/aromatic N) is 2. The average Bonchev–Trinajstić information content (AvgIpc) is 2.53. The summed E-state index contributed by atoms with van der Waals surface area (Å²) in [6.45, 7) is 0.